The predicted octanol–water partition coefficient (Wildman–Crippen LogP) is 4.73. The molecule has 0 aliphatic carbocycles. The first-order valence-corrected chi connectivity index (χ1v) is 6.88. The predicted molar refractivity (Wildman–Crippen MR) is 81.1 cm³/mol. The van der Waals surface area contributed by atoms with E-state index in [1.54, 1.807) is 24.3 Å². The van der Waals surface area contributed by atoms with Crippen molar-refractivity contribution in [3.63, 3.8) is 0 Å². The minimum absolute atomic E-state index is 0.294. The van der Waals surface area contributed by atoms with Crippen LogP contribution < -0.4 is 10.1 Å². The molecule has 23 heavy (non-hydrogen) atoms. The molecule has 0 aromatic heterocycles. The van der Waals surface area contributed by atoms with Gasteiger partial charge in [-0.3, -0.25) is 4.79 Å². The Balaban J connectivity index is 1.89. The fraction of sp³-hybridized carbons (Fsp3) is 0.0625. The molecule has 3 nitrogen and oxygen atoms in total. The summed E-state index contributed by atoms with van der Waals surface area (Å²) >= 11 is 5.87. The van der Waals surface area contributed by atoms with E-state index in [-0.39, 0.29) is 11.7 Å². The van der Waals surface area contributed by atoms with E-state index < -0.39 is 6.36 Å². The van der Waals surface area contributed by atoms with Crippen LogP contribution in [0.2, 0.25) is 5.02 Å². The molecule has 0 saturated heterocycles. The third kappa shape index (κ3) is 3.48. The summed E-state index contributed by atoms with van der Waals surface area (Å²) in [6, 6.07) is 10.3. The van der Waals surface area contributed by atoms with Gasteiger partial charge >= 0.3 is 6.36 Å². The average molecular weight is 340 g/mol. The van der Waals surface area contributed by atoms with E-state index in [2.05, 4.69) is 10.1 Å². The molecular formula is C16H9ClF3NO2. The Hall–Kier alpha value is -2.47. The summed E-state index contributed by atoms with van der Waals surface area (Å²) in [5.74, 6) is -0.611. The Bertz CT molecular complexity index is 798. The number of nitrogens with one attached hydrogen (secondary N) is 1. The maximum atomic E-state index is 12.1. The second-order valence-corrected chi connectivity index (χ2v) is 5.26. The van der Waals surface area contributed by atoms with Crippen LogP contribution in [-0.4, -0.2) is 12.3 Å². The van der Waals surface area contributed by atoms with E-state index >= 15 is 0 Å². The number of hydrogen-bond acceptors (Lipinski definition) is 2. The SMILES string of the molecule is O=C1Nc2cc(Cl)ccc2C1=Cc1ccc(OC(F)(F)F)cc1. The summed E-state index contributed by atoms with van der Waals surface area (Å²) in [4.78, 5) is 12.0. The number of benzene rings is 2. The third-order valence-corrected chi connectivity index (χ3v) is 3.42. The highest BCUT2D eigenvalue weighted by Gasteiger charge is 2.31. The van der Waals surface area contributed by atoms with Gasteiger partial charge in [0.1, 0.15) is 5.75 Å². The van der Waals surface area contributed by atoms with Crippen LogP contribution in [0.3, 0.4) is 0 Å². The Kier molecular flexibility index (Phi) is 3.77. The summed E-state index contributed by atoms with van der Waals surface area (Å²) in [5.41, 5.74) is 2.29. The Morgan fingerprint density at radius 3 is 2.43 bits per heavy atom. The number of halogens is 4. The van der Waals surface area contributed by atoms with Gasteiger partial charge in [-0.25, -0.2) is 0 Å². The van der Waals surface area contributed by atoms with Gasteiger partial charge < -0.3 is 10.1 Å². The monoisotopic (exact) mass is 339 g/mol. The molecule has 118 valence electrons. The molecule has 1 amide bonds. The highest BCUT2D eigenvalue weighted by atomic mass is 35.5. The smallest absolute Gasteiger partial charge is 0.406 e. The number of carbonyl (C=O) groups is 1. The molecule has 3 rings (SSSR count). The number of hydrogen-bond donors (Lipinski definition) is 1. The Labute approximate surface area is 134 Å². The van der Waals surface area contributed by atoms with Crippen molar-refractivity contribution in [1.29, 1.82) is 0 Å². The molecule has 0 fully saturated rings. The molecule has 1 N–H and O–H groups in total. The maximum absolute atomic E-state index is 12.1. The quantitative estimate of drug-likeness (QED) is 0.803. The fourth-order valence-corrected chi connectivity index (χ4v) is 2.41. The number of alkyl halides is 3. The first kappa shape index (κ1) is 15.4. The van der Waals surface area contributed by atoms with Crippen LogP contribution in [0, 0.1) is 0 Å². The van der Waals surface area contributed by atoms with Crippen molar-refractivity contribution >= 4 is 34.8 Å². The van der Waals surface area contributed by atoms with Crippen LogP contribution in [0.15, 0.2) is 42.5 Å². The van der Waals surface area contributed by atoms with E-state index in [1.165, 1.54) is 24.3 Å². The molecule has 0 atom stereocenters. The molecule has 1 heterocycles. The first-order chi connectivity index (χ1) is 10.8. The lowest BCUT2D eigenvalue weighted by Crippen LogP contribution is -2.16. The van der Waals surface area contributed by atoms with Crippen LogP contribution in [0.1, 0.15) is 11.1 Å². The molecule has 0 radical (unpaired) electrons. The van der Waals surface area contributed by atoms with Crippen LogP contribution in [0.25, 0.3) is 11.6 Å². The van der Waals surface area contributed by atoms with Crippen LogP contribution in [0.5, 0.6) is 5.75 Å². The van der Waals surface area contributed by atoms with E-state index in [1.807, 2.05) is 0 Å². The minimum atomic E-state index is -4.73. The zero-order chi connectivity index (χ0) is 16.6. The topological polar surface area (TPSA) is 38.3 Å². The van der Waals surface area contributed by atoms with Crippen molar-refractivity contribution in [2.45, 2.75) is 6.36 Å². The standard InChI is InChI=1S/C16H9ClF3NO2/c17-10-3-6-12-13(15(22)21-14(12)8-10)7-9-1-4-11(5-2-9)23-16(18,19)20/h1-8H,(H,21,22). The summed E-state index contributed by atoms with van der Waals surface area (Å²) in [6.45, 7) is 0. The van der Waals surface area contributed by atoms with Gasteiger partial charge in [0.2, 0.25) is 0 Å². The molecule has 1 aliphatic heterocycles. The second-order valence-electron chi connectivity index (χ2n) is 4.82. The molecule has 7 heteroatoms. The molecule has 0 saturated carbocycles. The molecular weight excluding hydrogens is 331 g/mol. The van der Waals surface area contributed by atoms with Crippen LogP contribution >= 0.6 is 11.6 Å². The second kappa shape index (κ2) is 5.62. The fourth-order valence-electron chi connectivity index (χ4n) is 2.24. The zero-order valence-corrected chi connectivity index (χ0v) is 12.2. The summed E-state index contributed by atoms with van der Waals surface area (Å²) in [7, 11) is 0. The van der Waals surface area contributed by atoms with E-state index in [0.29, 0.717) is 27.4 Å². The molecule has 0 spiro atoms. The lowest BCUT2D eigenvalue weighted by Gasteiger charge is -2.08. The number of carbonyl (C=O) groups excluding carboxylic acids is 1. The number of fused-ring (bicyclic) bond motifs is 1. The van der Waals surface area contributed by atoms with Crippen LogP contribution in [-0.2, 0) is 4.79 Å². The molecule has 1 aliphatic rings. The third-order valence-electron chi connectivity index (χ3n) is 3.19. The number of rotatable bonds is 2. The number of anilines is 1. The molecule has 0 bridgehead atoms. The van der Waals surface area contributed by atoms with E-state index in [0.717, 1.165) is 0 Å². The molecule has 2 aromatic rings. The van der Waals surface area contributed by atoms with Gasteiger partial charge in [-0.15, -0.1) is 13.2 Å². The maximum Gasteiger partial charge on any atom is 0.573 e. The van der Waals surface area contributed by atoms with Crippen molar-refractivity contribution in [1.82, 2.24) is 0 Å². The lowest BCUT2D eigenvalue weighted by molar-refractivity contribution is -0.274. The number of ether oxygens (including phenoxy) is 1. The van der Waals surface area contributed by atoms with Gasteiger partial charge in [-0.05, 0) is 35.9 Å². The molecule has 0 unspecified atom stereocenters. The lowest BCUT2D eigenvalue weighted by atomic mass is 10.0. The highest BCUT2D eigenvalue weighted by molar-refractivity contribution is 6.36. The minimum Gasteiger partial charge on any atom is -0.406 e. The van der Waals surface area contributed by atoms with Crippen molar-refractivity contribution in [2.24, 2.45) is 0 Å². The largest absolute Gasteiger partial charge is 0.573 e. The normalized spacial score (nSPS) is 15.5. The van der Waals surface area contributed by atoms with Gasteiger partial charge in [0.05, 0.1) is 5.69 Å². The van der Waals surface area contributed by atoms with Gasteiger partial charge in [0.15, 0.2) is 0 Å². The first-order valence-electron chi connectivity index (χ1n) is 6.51. The van der Waals surface area contributed by atoms with Gasteiger partial charge in [0.25, 0.3) is 5.91 Å². The van der Waals surface area contributed by atoms with Gasteiger partial charge in [-0.2, -0.15) is 0 Å². The summed E-state index contributed by atoms with van der Waals surface area (Å²) < 4.78 is 40.2. The van der Waals surface area contributed by atoms with Crippen LogP contribution in [0.4, 0.5) is 18.9 Å². The van der Waals surface area contributed by atoms with Crippen molar-refractivity contribution in [2.75, 3.05) is 5.32 Å². The van der Waals surface area contributed by atoms with Crippen molar-refractivity contribution in [3.05, 3.63) is 58.6 Å². The van der Waals surface area contributed by atoms with Gasteiger partial charge in [0, 0.05) is 16.2 Å². The highest BCUT2D eigenvalue weighted by Crippen LogP contribution is 2.35. The zero-order valence-electron chi connectivity index (χ0n) is 11.4. The van der Waals surface area contributed by atoms with Crippen molar-refractivity contribution in [3.8, 4) is 5.75 Å². The Morgan fingerprint density at radius 2 is 1.78 bits per heavy atom. The van der Waals surface area contributed by atoms with E-state index in [4.69, 9.17) is 11.6 Å². The van der Waals surface area contributed by atoms with Crippen molar-refractivity contribution < 1.29 is 22.7 Å². The van der Waals surface area contributed by atoms with Gasteiger partial charge in [-0.1, -0.05) is 29.8 Å². The summed E-state index contributed by atoms with van der Waals surface area (Å²) in [6.07, 6.45) is -3.14. The number of amides is 1. The Morgan fingerprint density at radius 1 is 1.09 bits per heavy atom. The molecule has 2 aromatic carbocycles. The average Bonchev–Trinajstić information content (AvgIpc) is 2.74. The summed E-state index contributed by atoms with van der Waals surface area (Å²) in [5, 5.41) is 3.18. The van der Waals surface area contributed by atoms with E-state index in [9.17, 15) is 18.0 Å².